The summed E-state index contributed by atoms with van der Waals surface area (Å²) >= 11 is 0. The van der Waals surface area contributed by atoms with E-state index in [0.29, 0.717) is 0 Å². The highest BCUT2D eigenvalue weighted by Gasteiger charge is 2.20. The Labute approximate surface area is 91.0 Å². The number of rotatable bonds is 2. The minimum absolute atomic E-state index is 0.183. The van der Waals surface area contributed by atoms with E-state index in [1.165, 1.54) is 6.33 Å². The van der Waals surface area contributed by atoms with Crippen LogP contribution in [0, 0.1) is 0 Å². The van der Waals surface area contributed by atoms with Crippen LogP contribution in [0.15, 0.2) is 18.6 Å². The van der Waals surface area contributed by atoms with Gasteiger partial charge in [-0.25, -0.2) is 9.97 Å². The molecule has 5 nitrogen and oxygen atoms in total. The zero-order chi connectivity index (χ0) is 11.1. The third-order valence-electron chi connectivity index (χ3n) is 2.56. The molecule has 2 aromatic heterocycles. The average Bonchev–Trinajstić information content (AvgIpc) is 2.59. The number of carbonyl (C=O) groups excluding carboxylic acids is 1. The van der Waals surface area contributed by atoms with Crippen LogP contribution >= 0.6 is 0 Å². The first-order valence-electron chi connectivity index (χ1n) is 4.84. The lowest BCUT2D eigenvalue weighted by molar-refractivity contribution is -0.117. The monoisotopic (exact) mass is 212 g/mol. The molecule has 0 atom stereocenters. The minimum Gasteiger partial charge on any atom is -0.369 e. The third kappa shape index (κ3) is 1.18. The van der Waals surface area contributed by atoms with Crippen LogP contribution in [0.3, 0.4) is 0 Å². The van der Waals surface area contributed by atoms with E-state index < -0.39 is 0 Å². The largest absolute Gasteiger partial charge is 0.369 e. The van der Waals surface area contributed by atoms with Gasteiger partial charge in [0, 0.05) is 6.20 Å². The lowest BCUT2D eigenvalue weighted by Gasteiger charge is -2.01. The van der Waals surface area contributed by atoms with Gasteiger partial charge in [0.2, 0.25) is 5.91 Å². The predicted molar refractivity (Wildman–Crippen MR) is 59.0 cm³/mol. The van der Waals surface area contributed by atoms with Gasteiger partial charge in [-0.15, -0.1) is 0 Å². The van der Waals surface area contributed by atoms with Gasteiger partial charge in [-0.05, 0) is 17.7 Å². The van der Waals surface area contributed by atoms with E-state index in [1.807, 2.05) is 12.1 Å². The van der Waals surface area contributed by atoms with Crippen molar-refractivity contribution in [3.8, 4) is 0 Å². The van der Waals surface area contributed by atoms with Gasteiger partial charge in [0.25, 0.3) is 0 Å². The summed E-state index contributed by atoms with van der Waals surface area (Å²) in [6.45, 7) is 0. The summed E-state index contributed by atoms with van der Waals surface area (Å²) < 4.78 is 0. The van der Waals surface area contributed by atoms with Crippen LogP contribution < -0.4 is 5.73 Å². The van der Waals surface area contributed by atoms with E-state index >= 15 is 0 Å². The van der Waals surface area contributed by atoms with Crippen molar-refractivity contribution in [3.05, 3.63) is 30.0 Å². The fourth-order valence-corrected chi connectivity index (χ4v) is 1.94. The number of primary amides is 1. The Balaban J connectivity index is 2.25. The van der Waals surface area contributed by atoms with Crippen LogP contribution in [0.1, 0.15) is 17.8 Å². The molecule has 1 amide bonds. The van der Waals surface area contributed by atoms with Crippen molar-refractivity contribution in [1.29, 1.82) is 0 Å². The smallest absolute Gasteiger partial charge is 0.221 e. The Morgan fingerprint density at radius 3 is 3.00 bits per heavy atom. The molecule has 2 aromatic rings. The summed E-state index contributed by atoms with van der Waals surface area (Å²) in [4.78, 5) is 23.5. The van der Waals surface area contributed by atoms with Crippen LogP contribution in [0.5, 0.6) is 0 Å². The van der Waals surface area contributed by atoms with E-state index in [2.05, 4.69) is 15.0 Å². The summed E-state index contributed by atoms with van der Waals surface area (Å²) in [5, 5.41) is 0.904. The molecule has 5 heteroatoms. The first-order valence-corrected chi connectivity index (χ1v) is 4.84. The quantitative estimate of drug-likeness (QED) is 0.796. The van der Waals surface area contributed by atoms with Crippen molar-refractivity contribution in [2.24, 2.45) is 5.73 Å². The first-order chi connectivity index (χ1) is 7.75. The molecule has 0 bridgehead atoms. The highest BCUT2D eigenvalue weighted by Crippen LogP contribution is 2.33. The Bertz CT molecular complexity index is 628. The van der Waals surface area contributed by atoms with Gasteiger partial charge in [0.15, 0.2) is 0 Å². The van der Waals surface area contributed by atoms with Gasteiger partial charge in [-0.3, -0.25) is 9.78 Å². The number of pyridine rings is 1. The number of hydrogen-bond donors (Lipinski definition) is 1. The van der Waals surface area contributed by atoms with Gasteiger partial charge in [-0.2, -0.15) is 0 Å². The molecule has 1 aliphatic carbocycles. The molecule has 0 aliphatic heterocycles. The highest BCUT2D eigenvalue weighted by atomic mass is 16.1. The van der Waals surface area contributed by atoms with Gasteiger partial charge >= 0.3 is 0 Å². The molecule has 16 heavy (non-hydrogen) atoms. The second-order valence-electron chi connectivity index (χ2n) is 3.63. The van der Waals surface area contributed by atoms with Crippen molar-refractivity contribution in [2.45, 2.75) is 6.42 Å². The van der Waals surface area contributed by atoms with E-state index in [9.17, 15) is 4.79 Å². The van der Waals surface area contributed by atoms with Gasteiger partial charge in [0.1, 0.15) is 6.33 Å². The van der Waals surface area contributed by atoms with Crippen molar-refractivity contribution in [2.75, 3.05) is 0 Å². The number of hydrogen-bond acceptors (Lipinski definition) is 4. The summed E-state index contributed by atoms with van der Waals surface area (Å²) in [5.41, 5.74) is 8.42. The van der Waals surface area contributed by atoms with E-state index in [-0.39, 0.29) is 12.3 Å². The fraction of sp³-hybridized carbons (Fsp3) is 0.0909. The molecule has 0 saturated carbocycles. The lowest BCUT2D eigenvalue weighted by atomic mass is 10.1. The number of aromatic nitrogens is 3. The van der Waals surface area contributed by atoms with Crippen molar-refractivity contribution < 1.29 is 4.79 Å². The van der Waals surface area contributed by atoms with Gasteiger partial charge in [0.05, 0.1) is 28.7 Å². The number of carbonyl (C=O) groups is 1. The maximum Gasteiger partial charge on any atom is 0.221 e. The molecule has 2 N–H and O–H groups in total. The van der Waals surface area contributed by atoms with E-state index in [0.717, 1.165) is 27.9 Å². The number of nitrogens with zero attached hydrogens (tertiary/aromatic N) is 3. The van der Waals surface area contributed by atoms with Crippen LogP contribution in [-0.2, 0) is 4.79 Å². The lowest BCUT2D eigenvalue weighted by Crippen LogP contribution is -2.10. The predicted octanol–water partition coefficient (Wildman–Crippen LogP) is 0.754. The molecule has 0 spiro atoms. The van der Waals surface area contributed by atoms with Crippen molar-refractivity contribution in [3.63, 3.8) is 0 Å². The highest BCUT2D eigenvalue weighted by molar-refractivity contribution is 6.08. The van der Waals surface area contributed by atoms with Gasteiger partial charge < -0.3 is 5.73 Å². The fourth-order valence-electron chi connectivity index (χ4n) is 1.94. The van der Waals surface area contributed by atoms with Crippen molar-refractivity contribution in [1.82, 2.24) is 15.0 Å². The van der Waals surface area contributed by atoms with Crippen LogP contribution in [0.25, 0.3) is 22.6 Å². The molecular weight excluding hydrogens is 204 g/mol. The molecule has 78 valence electrons. The van der Waals surface area contributed by atoms with Gasteiger partial charge in [-0.1, -0.05) is 0 Å². The Kier molecular flexibility index (Phi) is 1.73. The second kappa shape index (κ2) is 3.10. The second-order valence-corrected chi connectivity index (χ2v) is 3.63. The third-order valence-corrected chi connectivity index (χ3v) is 2.56. The van der Waals surface area contributed by atoms with Crippen LogP contribution in [0.2, 0.25) is 0 Å². The SMILES string of the molecule is NC(=O)CC1=Cc2nccc3ncnc1c23. The summed E-state index contributed by atoms with van der Waals surface area (Å²) in [5.74, 6) is -0.370. The zero-order valence-corrected chi connectivity index (χ0v) is 8.34. The minimum atomic E-state index is -0.370. The topological polar surface area (TPSA) is 81.8 Å². The normalized spacial score (nSPS) is 12.9. The van der Waals surface area contributed by atoms with Crippen LogP contribution in [0.4, 0.5) is 0 Å². The molecule has 0 saturated heterocycles. The Hall–Kier alpha value is -2.30. The first kappa shape index (κ1) is 8.96. The molecular formula is C11H8N4O. The Morgan fingerprint density at radius 1 is 1.31 bits per heavy atom. The van der Waals surface area contributed by atoms with E-state index in [1.54, 1.807) is 6.20 Å². The Morgan fingerprint density at radius 2 is 2.19 bits per heavy atom. The van der Waals surface area contributed by atoms with Crippen molar-refractivity contribution >= 4 is 28.5 Å². The average molecular weight is 212 g/mol. The molecule has 0 fully saturated rings. The van der Waals surface area contributed by atoms with E-state index in [4.69, 9.17) is 5.73 Å². The maximum atomic E-state index is 10.9. The molecule has 0 radical (unpaired) electrons. The maximum absolute atomic E-state index is 10.9. The zero-order valence-electron chi connectivity index (χ0n) is 8.34. The summed E-state index contributed by atoms with van der Waals surface area (Å²) in [6, 6.07) is 1.82. The number of nitrogens with two attached hydrogens (primary N) is 1. The molecule has 1 aliphatic rings. The van der Waals surface area contributed by atoms with Crippen LogP contribution in [-0.4, -0.2) is 20.9 Å². The molecule has 2 heterocycles. The molecule has 3 rings (SSSR count). The number of amides is 1. The summed E-state index contributed by atoms with van der Waals surface area (Å²) in [7, 11) is 0. The molecule has 0 aromatic carbocycles. The molecule has 0 unspecified atom stereocenters. The standard InChI is InChI=1S/C11H8N4O/c12-9(16)4-6-3-8-10-7(1-2-13-8)14-5-15-11(6)10/h1-3,5H,4H2,(H2,12,16). The summed E-state index contributed by atoms with van der Waals surface area (Å²) in [6.07, 6.45) is 5.21.